The van der Waals surface area contributed by atoms with Gasteiger partial charge in [-0.05, 0) is 44.0 Å². The second kappa shape index (κ2) is 18.2. The Morgan fingerprint density at radius 1 is 0.940 bits per heavy atom. The minimum atomic E-state index is -1.39. The Bertz CT molecular complexity index is 1790. The van der Waals surface area contributed by atoms with E-state index in [4.69, 9.17) is 16.6 Å². The molecule has 2 aromatic heterocycles. The van der Waals surface area contributed by atoms with Gasteiger partial charge >= 0.3 is 11.9 Å². The van der Waals surface area contributed by atoms with Gasteiger partial charge in [-0.15, -0.1) is 0 Å². The molecule has 4 atom stereocenters. The molecule has 0 saturated heterocycles. The average Bonchev–Trinajstić information content (AvgIpc) is 3.07. The average molecular weight is 715 g/mol. The highest BCUT2D eigenvalue weighted by atomic mass is 32.1. The number of carbonyl (C=O) groups excluding carboxylic acids is 4. The van der Waals surface area contributed by atoms with Gasteiger partial charge in [0, 0.05) is 35.9 Å². The van der Waals surface area contributed by atoms with Crippen molar-refractivity contribution in [3.63, 3.8) is 0 Å². The first-order valence-electron chi connectivity index (χ1n) is 15.3. The highest BCUT2D eigenvalue weighted by Crippen LogP contribution is 2.13. The Kier molecular flexibility index (Phi) is 14.1. The molecular weight excluding hydrogens is 676 g/mol. The van der Waals surface area contributed by atoms with E-state index in [1.165, 1.54) is 18.3 Å². The first kappa shape index (κ1) is 38.8. The third-order valence-electron chi connectivity index (χ3n) is 7.17. The lowest BCUT2D eigenvalue weighted by Crippen LogP contribution is -2.53. The number of anilines is 2. The Morgan fingerprint density at radius 3 is 2.26 bits per heavy atom. The maximum atomic E-state index is 12.8. The molecule has 19 nitrogen and oxygen atoms in total. The van der Waals surface area contributed by atoms with Crippen molar-refractivity contribution in [1.29, 1.82) is 0 Å². The third-order valence-corrected chi connectivity index (χ3v) is 7.72. The molecular formula is C30H38N10O9S. The van der Waals surface area contributed by atoms with Crippen LogP contribution in [-0.2, 0) is 30.5 Å². The van der Waals surface area contributed by atoms with Crippen LogP contribution in [0.4, 0.5) is 11.6 Å². The number of aliphatic carboxylic acids is 2. The Balaban J connectivity index is 1.47. The van der Waals surface area contributed by atoms with Crippen molar-refractivity contribution in [2.75, 3.05) is 16.8 Å². The number of carboxylic acid groups (broad SMARTS) is 2. The number of hydrogen-bond acceptors (Lipinski definition) is 14. The number of carbonyl (C=O) groups is 6. The number of nitrogen functional groups attached to an aromatic ring is 1. The number of aromatic amines is 1. The molecule has 0 aliphatic carbocycles. The zero-order valence-corrected chi connectivity index (χ0v) is 27.7. The number of nitrogens with one attached hydrogen (secondary N) is 5. The second-order valence-corrected chi connectivity index (χ2v) is 11.6. The SMILES string of the molecule is CC(CS)NC(=O)[C@H](CC(=O)O)NC(=O)[C@@H](N)CCC(=O)CC[C@@H](NC(=O)c1ccc(NCc2cnc3nc(N)[nH]c(=O)c3n2)cc1)C(=O)O. The van der Waals surface area contributed by atoms with E-state index in [0.29, 0.717) is 11.4 Å². The summed E-state index contributed by atoms with van der Waals surface area (Å²) < 4.78 is 0. The van der Waals surface area contributed by atoms with Gasteiger partial charge in [0.1, 0.15) is 17.9 Å². The molecule has 3 amide bonds. The van der Waals surface area contributed by atoms with Gasteiger partial charge in [0.2, 0.25) is 17.8 Å². The summed E-state index contributed by atoms with van der Waals surface area (Å²) in [6.45, 7) is 1.83. The summed E-state index contributed by atoms with van der Waals surface area (Å²) in [5.74, 6) is -5.15. The van der Waals surface area contributed by atoms with Gasteiger partial charge in [0.15, 0.2) is 11.2 Å². The minimum absolute atomic E-state index is 0.0248. The fourth-order valence-electron chi connectivity index (χ4n) is 4.42. The van der Waals surface area contributed by atoms with E-state index < -0.39 is 65.5 Å². The summed E-state index contributed by atoms with van der Waals surface area (Å²) in [6.07, 6.45) is -0.0903. The molecule has 0 saturated carbocycles. The Morgan fingerprint density at radius 2 is 1.62 bits per heavy atom. The maximum Gasteiger partial charge on any atom is 0.326 e. The van der Waals surface area contributed by atoms with Crippen LogP contribution in [0.5, 0.6) is 0 Å². The summed E-state index contributed by atoms with van der Waals surface area (Å²) in [5.41, 5.74) is 12.1. The van der Waals surface area contributed by atoms with Crippen molar-refractivity contribution in [2.24, 2.45) is 5.73 Å². The molecule has 0 fully saturated rings. The zero-order valence-electron chi connectivity index (χ0n) is 26.8. The molecule has 0 spiro atoms. The zero-order chi connectivity index (χ0) is 37.0. The minimum Gasteiger partial charge on any atom is -0.481 e. The van der Waals surface area contributed by atoms with Crippen LogP contribution >= 0.6 is 12.6 Å². The van der Waals surface area contributed by atoms with E-state index in [1.54, 1.807) is 19.1 Å². The fraction of sp³-hybridized carbons (Fsp3) is 0.400. The van der Waals surface area contributed by atoms with Crippen molar-refractivity contribution in [3.05, 3.63) is 52.1 Å². The van der Waals surface area contributed by atoms with Gasteiger partial charge < -0.3 is 42.9 Å². The summed E-state index contributed by atoms with van der Waals surface area (Å²) in [4.78, 5) is 99.8. The van der Waals surface area contributed by atoms with Crippen LogP contribution in [0, 0.1) is 0 Å². The molecule has 1 unspecified atom stereocenters. The van der Waals surface area contributed by atoms with E-state index in [-0.39, 0.29) is 66.7 Å². The molecule has 268 valence electrons. The highest BCUT2D eigenvalue weighted by molar-refractivity contribution is 7.80. The topological polar surface area (TPSA) is 315 Å². The van der Waals surface area contributed by atoms with Gasteiger partial charge in [0.25, 0.3) is 11.5 Å². The predicted octanol–water partition coefficient (Wildman–Crippen LogP) is -1.06. The number of amides is 3. The van der Waals surface area contributed by atoms with E-state index in [0.717, 1.165) is 0 Å². The molecule has 50 heavy (non-hydrogen) atoms. The quantitative estimate of drug-likeness (QED) is 0.0662. The van der Waals surface area contributed by atoms with Gasteiger partial charge in [0.05, 0.1) is 30.9 Å². The van der Waals surface area contributed by atoms with Crippen LogP contribution in [0.25, 0.3) is 11.2 Å². The maximum absolute atomic E-state index is 12.8. The number of hydrogen-bond donors (Lipinski definition) is 10. The largest absolute Gasteiger partial charge is 0.481 e. The van der Waals surface area contributed by atoms with Crippen LogP contribution in [-0.4, -0.2) is 95.5 Å². The van der Waals surface area contributed by atoms with E-state index in [9.17, 15) is 38.7 Å². The second-order valence-electron chi connectivity index (χ2n) is 11.3. The third kappa shape index (κ3) is 11.8. The molecule has 0 aliphatic heterocycles. The molecule has 2 heterocycles. The molecule has 3 aromatic rings. The van der Waals surface area contributed by atoms with Gasteiger partial charge in [-0.25, -0.2) is 14.8 Å². The number of nitrogens with zero attached hydrogens (tertiary/aromatic N) is 3. The number of fused-ring (bicyclic) bond motifs is 1. The number of aromatic nitrogens is 4. The van der Waals surface area contributed by atoms with Crippen LogP contribution in [0.1, 0.15) is 55.1 Å². The first-order chi connectivity index (χ1) is 23.7. The van der Waals surface area contributed by atoms with E-state index in [1.807, 2.05) is 0 Å². The Hall–Kier alpha value is -5.63. The van der Waals surface area contributed by atoms with Gasteiger partial charge in [-0.2, -0.15) is 17.6 Å². The molecule has 11 N–H and O–H groups in total. The smallest absolute Gasteiger partial charge is 0.326 e. The molecule has 3 rings (SSSR count). The molecule has 0 aliphatic rings. The Labute approximate surface area is 289 Å². The van der Waals surface area contributed by atoms with Crippen molar-refractivity contribution >= 4 is 70.9 Å². The van der Waals surface area contributed by atoms with E-state index >= 15 is 0 Å². The summed E-state index contributed by atoms with van der Waals surface area (Å²) in [5, 5.41) is 29.0. The number of rotatable bonds is 19. The lowest BCUT2D eigenvalue weighted by atomic mass is 10.0. The molecule has 20 heteroatoms. The standard InChI is InChI=1S/C30H38N10O9S/c1-14(13-50)35-27(46)21(10-22(42)43)38-26(45)19(31)8-6-18(41)7-9-20(29(48)49)37-25(44)15-2-4-16(5-3-15)33-11-17-12-34-24-23(36-17)28(47)40-30(32)39-24/h2-5,12,14,19-21,33,50H,6-11,13,31H2,1H3,(H,35,46)(H,37,44)(H,38,45)(H,42,43)(H,48,49)(H3,32,34,39,40,47)/t14?,19-,20+,21-/m0/s1. The monoisotopic (exact) mass is 714 g/mol. The molecule has 1 aromatic carbocycles. The highest BCUT2D eigenvalue weighted by Gasteiger charge is 2.27. The molecule has 0 bridgehead atoms. The number of ketones is 1. The lowest BCUT2D eigenvalue weighted by Gasteiger charge is -2.21. The van der Waals surface area contributed by atoms with Crippen molar-refractivity contribution in [2.45, 2.75) is 69.7 Å². The van der Waals surface area contributed by atoms with E-state index in [2.05, 4.69) is 53.8 Å². The van der Waals surface area contributed by atoms with Crippen LogP contribution in [0.15, 0.2) is 35.3 Å². The van der Waals surface area contributed by atoms with Crippen molar-refractivity contribution < 1.29 is 39.0 Å². The van der Waals surface area contributed by atoms with Crippen LogP contribution in [0.2, 0.25) is 0 Å². The number of thiol groups is 1. The fourth-order valence-corrected chi connectivity index (χ4v) is 4.51. The summed E-state index contributed by atoms with van der Waals surface area (Å²) >= 11 is 4.04. The number of nitrogens with two attached hydrogens (primary N) is 2. The normalized spacial score (nSPS) is 13.3. The predicted molar refractivity (Wildman–Crippen MR) is 182 cm³/mol. The number of benzene rings is 1. The van der Waals surface area contributed by atoms with Crippen LogP contribution < -0.4 is 38.3 Å². The van der Waals surface area contributed by atoms with Gasteiger partial charge in [-0.1, -0.05) is 0 Å². The first-order valence-corrected chi connectivity index (χ1v) is 15.9. The summed E-state index contributed by atoms with van der Waals surface area (Å²) in [7, 11) is 0. The van der Waals surface area contributed by atoms with Gasteiger partial charge in [-0.3, -0.25) is 33.8 Å². The van der Waals surface area contributed by atoms with Crippen molar-refractivity contribution in [1.82, 2.24) is 35.9 Å². The number of carboxylic acids is 2. The van der Waals surface area contributed by atoms with Crippen LogP contribution in [0.3, 0.4) is 0 Å². The summed E-state index contributed by atoms with van der Waals surface area (Å²) in [6, 6.07) is 1.66. The molecule has 0 radical (unpaired) electrons. The number of H-pyrrole nitrogens is 1. The number of Topliss-reactive ketones (excluding diaryl/α,β-unsaturated/α-hetero) is 1. The van der Waals surface area contributed by atoms with Crippen molar-refractivity contribution in [3.8, 4) is 0 Å². The lowest BCUT2D eigenvalue weighted by molar-refractivity contribution is -0.141.